The van der Waals surface area contributed by atoms with E-state index in [1.54, 1.807) is 72.8 Å². The molecule has 3 saturated heterocycles. The molecular weight excluding hydrogens is 1100 g/mol. The molecule has 0 amide bonds. The average Bonchev–Trinajstić information content (AvgIpc) is 3.44. The second-order valence-electron chi connectivity index (χ2n) is 21.2. The van der Waals surface area contributed by atoms with E-state index in [1.165, 1.54) is 48.5 Å². The number of ether oxygens (including phenoxy) is 8. The van der Waals surface area contributed by atoms with Crippen LogP contribution in [0.3, 0.4) is 0 Å². The lowest BCUT2D eigenvalue weighted by atomic mass is 9.81. The Kier molecular flexibility index (Phi) is 16.7. The van der Waals surface area contributed by atoms with E-state index in [4.69, 9.17) is 37.9 Å². The van der Waals surface area contributed by atoms with Crippen molar-refractivity contribution in [1.82, 2.24) is 0 Å². The average molecular weight is 1170 g/mol. The van der Waals surface area contributed by atoms with Crippen LogP contribution in [0.15, 0.2) is 115 Å². The zero-order valence-electron chi connectivity index (χ0n) is 44.1. The highest BCUT2D eigenvalue weighted by atomic mass is 16.7. The number of aliphatic hydroxyl groups is 12. The van der Waals surface area contributed by atoms with Crippen molar-refractivity contribution in [3.8, 4) is 51.7 Å². The van der Waals surface area contributed by atoms with Crippen molar-refractivity contribution in [1.29, 1.82) is 0 Å². The van der Waals surface area contributed by atoms with Crippen LogP contribution in [0.1, 0.15) is 68.6 Å². The molecule has 24 heteroatoms. The van der Waals surface area contributed by atoms with Crippen LogP contribution in [0, 0.1) is 0 Å². The molecule has 0 aliphatic carbocycles. The number of aliphatic hydroxyl groups excluding tert-OH is 12. The van der Waals surface area contributed by atoms with Crippen molar-refractivity contribution in [2.75, 3.05) is 19.8 Å². The Bertz CT molecular complexity index is 3280. The first-order chi connectivity index (χ1) is 40.3. The maximum absolute atomic E-state index is 12.3. The molecule has 446 valence electrons. The minimum Gasteiger partial charge on any atom is -0.508 e. The molecular formula is C60H62O24. The summed E-state index contributed by atoms with van der Waals surface area (Å²) in [6.07, 6.45) is -21.1. The number of aromatic hydroxyl groups is 4. The standard InChI is InChI=1S/C60H62O24/c61-22-40-47(68)50(71)53(74)58(82-40)77-33-9-3-25(4-10-33)1-2-26-15-36(66)45-38(16-26)80-57(28-7-13-35(14-8-28)79-60-55(76)52(73)49(70)42(24-63)84-60)44(45)30-19-37(67)46-39(20-30)81-56(43(46)29-17-31(64)21-32(65)18-29)27-5-11-34(12-6-27)78-59-54(75)51(72)48(69)41(23-62)83-59/h1-21,40-44,47-76H,22-24H2/b2-1+/t40-,41-,42+,43+,44+,47+,48-,49-,50-,51+,52+,53-,54-,55-,56-,57-,58+,59-,60+/m1/s1. The van der Waals surface area contributed by atoms with E-state index in [0.29, 0.717) is 38.9 Å². The summed E-state index contributed by atoms with van der Waals surface area (Å²) in [7, 11) is 0. The lowest BCUT2D eigenvalue weighted by molar-refractivity contribution is -0.277. The van der Waals surface area contributed by atoms with Crippen LogP contribution in [0.5, 0.6) is 51.7 Å². The lowest BCUT2D eigenvalue weighted by Crippen LogP contribution is -2.60. The van der Waals surface area contributed by atoms with E-state index in [0.717, 1.165) is 6.07 Å². The smallest absolute Gasteiger partial charge is 0.229 e. The maximum atomic E-state index is 12.3. The van der Waals surface area contributed by atoms with E-state index < -0.39 is 136 Å². The number of benzene rings is 6. The maximum Gasteiger partial charge on any atom is 0.229 e. The van der Waals surface area contributed by atoms with Crippen LogP contribution >= 0.6 is 0 Å². The van der Waals surface area contributed by atoms with Crippen molar-refractivity contribution >= 4 is 12.2 Å². The van der Waals surface area contributed by atoms with Gasteiger partial charge in [-0.05, 0) is 106 Å². The molecule has 6 aromatic rings. The number of fused-ring (bicyclic) bond motifs is 2. The van der Waals surface area contributed by atoms with Crippen LogP contribution in [0.25, 0.3) is 12.2 Å². The van der Waals surface area contributed by atoms with Gasteiger partial charge in [-0.1, -0.05) is 48.6 Å². The molecule has 16 N–H and O–H groups in total. The highest BCUT2D eigenvalue weighted by Gasteiger charge is 2.49. The third-order valence-corrected chi connectivity index (χ3v) is 15.7. The Morgan fingerprint density at radius 2 is 0.714 bits per heavy atom. The Morgan fingerprint density at radius 1 is 0.357 bits per heavy atom. The summed E-state index contributed by atoms with van der Waals surface area (Å²) < 4.78 is 47.5. The molecule has 24 nitrogen and oxygen atoms in total. The molecule has 0 bridgehead atoms. The summed E-state index contributed by atoms with van der Waals surface area (Å²) in [5.41, 5.74) is 3.57. The number of rotatable bonds is 15. The molecule has 84 heavy (non-hydrogen) atoms. The van der Waals surface area contributed by atoms with Gasteiger partial charge in [0.25, 0.3) is 0 Å². The van der Waals surface area contributed by atoms with Gasteiger partial charge in [0.05, 0.1) is 31.7 Å². The third kappa shape index (κ3) is 11.3. The molecule has 19 atom stereocenters. The SMILES string of the molecule is OC[C@@H]1O[C@H](Oc2ccc([C@H]3Oc4cc(/C=C/c5ccc(O[C@H]6O[C@H](CO)[C@H](O)[C@@H](O)[C@H]6O)cc5)cc(O)c4[C@@H]3c3cc(O)c4c(c3)O[C@H](c3ccc(O[C@@H]5O[C@H](CO)[C@@H](O)[C@H](O)[C@H]5O)cc3)[C@H]4c3cc(O)cc(O)c3)cc2)[C@H](O)[C@@H](O)[C@@H]1O. The molecule has 3 fully saturated rings. The van der Waals surface area contributed by atoms with Crippen molar-refractivity contribution in [2.24, 2.45) is 0 Å². The van der Waals surface area contributed by atoms with E-state index in [1.807, 2.05) is 0 Å². The lowest BCUT2D eigenvalue weighted by Gasteiger charge is -2.39. The van der Waals surface area contributed by atoms with Gasteiger partial charge in [0.15, 0.2) is 0 Å². The normalized spacial score (nSPS) is 32.7. The van der Waals surface area contributed by atoms with Gasteiger partial charge in [0, 0.05) is 17.2 Å². The largest absolute Gasteiger partial charge is 0.508 e. The van der Waals surface area contributed by atoms with Gasteiger partial charge in [-0.15, -0.1) is 0 Å². The van der Waals surface area contributed by atoms with Crippen molar-refractivity contribution in [3.63, 3.8) is 0 Å². The second kappa shape index (κ2) is 24.0. The second-order valence-corrected chi connectivity index (χ2v) is 21.2. The highest BCUT2D eigenvalue weighted by molar-refractivity contribution is 5.73. The summed E-state index contributed by atoms with van der Waals surface area (Å²) in [4.78, 5) is 0. The summed E-state index contributed by atoms with van der Waals surface area (Å²) in [6, 6.07) is 29.6. The van der Waals surface area contributed by atoms with Gasteiger partial charge in [-0.3, -0.25) is 0 Å². The van der Waals surface area contributed by atoms with Crippen LogP contribution in [0.2, 0.25) is 0 Å². The van der Waals surface area contributed by atoms with Crippen molar-refractivity contribution in [3.05, 3.63) is 160 Å². The van der Waals surface area contributed by atoms with E-state index in [9.17, 15) is 81.7 Å². The van der Waals surface area contributed by atoms with E-state index >= 15 is 0 Å². The van der Waals surface area contributed by atoms with Gasteiger partial charge < -0.3 is 120 Å². The van der Waals surface area contributed by atoms with Gasteiger partial charge >= 0.3 is 0 Å². The topological polar surface area (TPSA) is 398 Å². The summed E-state index contributed by atoms with van der Waals surface area (Å²) in [6.45, 7) is -1.96. The molecule has 0 saturated carbocycles. The molecule has 0 aromatic heterocycles. The van der Waals surface area contributed by atoms with Gasteiger partial charge in [0.2, 0.25) is 18.9 Å². The summed E-state index contributed by atoms with van der Waals surface area (Å²) in [5.74, 6) is -1.76. The molecule has 5 heterocycles. The van der Waals surface area contributed by atoms with Crippen LogP contribution in [-0.2, 0) is 14.2 Å². The van der Waals surface area contributed by atoms with Crippen LogP contribution in [0.4, 0.5) is 0 Å². The quantitative estimate of drug-likeness (QED) is 0.0631. The third-order valence-electron chi connectivity index (χ3n) is 15.7. The molecule has 0 unspecified atom stereocenters. The minimum atomic E-state index is -1.69. The van der Waals surface area contributed by atoms with Gasteiger partial charge in [0.1, 0.15) is 137 Å². The Hall–Kier alpha value is -7.34. The van der Waals surface area contributed by atoms with Crippen LogP contribution < -0.4 is 23.7 Å². The van der Waals surface area contributed by atoms with Crippen molar-refractivity contribution in [2.45, 2.75) is 116 Å². The number of hydrogen-bond donors (Lipinski definition) is 16. The Balaban J connectivity index is 0.913. The first kappa shape index (κ1) is 58.4. The Labute approximate surface area is 477 Å². The Morgan fingerprint density at radius 3 is 1.12 bits per heavy atom. The zero-order valence-corrected chi connectivity index (χ0v) is 44.1. The molecule has 5 aliphatic heterocycles. The number of phenolic OH excluding ortho intramolecular Hbond substituents is 4. The monoisotopic (exact) mass is 1170 g/mol. The van der Waals surface area contributed by atoms with Gasteiger partial charge in [-0.2, -0.15) is 0 Å². The number of phenols is 4. The predicted octanol–water partition coefficient (Wildman–Crippen LogP) is 0.747. The predicted molar refractivity (Wildman–Crippen MR) is 288 cm³/mol. The molecule has 0 spiro atoms. The molecule has 5 aliphatic rings. The highest BCUT2D eigenvalue weighted by Crippen LogP contribution is 2.59. The minimum absolute atomic E-state index is 0.157. The summed E-state index contributed by atoms with van der Waals surface area (Å²) >= 11 is 0. The first-order valence-corrected chi connectivity index (χ1v) is 26.8. The number of hydrogen-bond acceptors (Lipinski definition) is 24. The fourth-order valence-electron chi connectivity index (χ4n) is 11.3. The van der Waals surface area contributed by atoms with E-state index in [-0.39, 0.29) is 57.3 Å². The van der Waals surface area contributed by atoms with Crippen LogP contribution in [-0.4, -0.2) is 194 Å². The molecule has 11 rings (SSSR count). The zero-order chi connectivity index (χ0) is 59.4. The summed E-state index contributed by atoms with van der Waals surface area (Å²) in [5, 5.41) is 168. The van der Waals surface area contributed by atoms with E-state index in [2.05, 4.69) is 0 Å². The fourth-order valence-corrected chi connectivity index (χ4v) is 11.3. The molecule has 0 radical (unpaired) electrons. The fraction of sp³-hybridized carbons (Fsp3) is 0.367. The van der Waals surface area contributed by atoms with Crippen molar-refractivity contribution < 1.29 is 120 Å². The molecule has 6 aromatic carbocycles. The first-order valence-electron chi connectivity index (χ1n) is 26.8. The van der Waals surface area contributed by atoms with Gasteiger partial charge in [-0.25, -0.2) is 0 Å².